The van der Waals surface area contributed by atoms with Crippen molar-refractivity contribution in [1.29, 1.82) is 0 Å². The van der Waals surface area contributed by atoms with E-state index in [4.69, 9.17) is 0 Å². The molecule has 1 spiro atoms. The van der Waals surface area contributed by atoms with E-state index in [9.17, 15) is 0 Å². The average Bonchev–Trinajstić information content (AvgIpc) is 3.66. The third-order valence-electron chi connectivity index (χ3n) is 11.0. The Kier molecular flexibility index (Phi) is 5.88. The number of hydrogen-bond donors (Lipinski definition) is 0. The van der Waals surface area contributed by atoms with Gasteiger partial charge in [-0.2, -0.15) is 0 Å². The summed E-state index contributed by atoms with van der Waals surface area (Å²) in [6, 6.07) is 60.7. The summed E-state index contributed by atoms with van der Waals surface area (Å²) in [5.41, 5.74) is 12.9. The van der Waals surface area contributed by atoms with Crippen molar-refractivity contribution in [2.24, 2.45) is 0 Å². The highest BCUT2D eigenvalue weighted by Crippen LogP contribution is 2.64. The van der Waals surface area contributed by atoms with Crippen LogP contribution in [-0.2, 0) is 5.41 Å². The second-order valence-corrected chi connectivity index (χ2v) is 14.5. The maximum Gasteiger partial charge on any atom is 0.0725 e. The van der Waals surface area contributed by atoms with Crippen molar-refractivity contribution < 1.29 is 0 Å². The van der Waals surface area contributed by atoms with E-state index in [1.54, 1.807) is 0 Å². The molecule has 0 aliphatic heterocycles. The fourth-order valence-electron chi connectivity index (χ4n) is 9.05. The summed E-state index contributed by atoms with van der Waals surface area (Å²) in [7, 11) is 0. The van der Waals surface area contributed by atoms with Crippen LogP contribution in [0.2, 0.25) is 0 Å². The summed E-state index contributed by atoms with van der Waals surface area (Å²) in [6.07, 6.45) is 4.00. The lowest BCUT2D eigenvalue weighted by molar-refractivity contribution is 0.792. The molecule has 50 heavy (non-hydrogen) atoms. The van der Waals surface area contributed by atoms with Crippen molar-refractivity contribution in [3.05, 3.63) is 198 Å². The molecular formula is C48H29NS. The number of nitrogens with zero attached hydrogens (tertiary/aromatic N) is 1. The largest absolute Gasteiger partial charge is 0.264 e. The SMILES string of the molecule is c1ccc2c(c1)-c1ccccc1C21c2ccccc2-c2c(Sc3c4ccccc4c(-c4ccc5ccccc5c4)c4cnccc34)cccc21. The minimum atomic E-state index is -0.357. The van der Waals surface area contributed by atoms with Gasteiger partial charge in [0.2, 0.25) is 0 Å². The number of fused-ring (bicyclic) bond motifs is 13. The van der Waals surface area contributed by atoms with Crippen LogP contribution in [0.15, 0.2) is 186 Å². The maximum absolute atomic E-state index is 4.69. The summed E-state index contributed by atoms with van der Waals surface area (Å²) >= 11 is 1.90. The Morgan fingerprint density at radius 1 is 0.420 bits per heavy atom. The number of aromatic nitrogens is 1. The van der Waals surface area contributed by atoms with Gasteiger partial charge in [0.05, 0.1) is 5.41 Å². The summed E-state index contributed by atoms with van der Waals surface area (Å²) in [6.45, 7) is 0. The summed E-state index contributed by atoms with van der Waals surface area (Å²) in [5.74, 6) is 0. The van der Waals surface area contributed by atoms with Crippen molar-refractivity contribution in [2.45, 2.75) is 15.2 Å². The van der Waals surface area contributed by atoms with E-state index < -0.39 is 0 Å². The van der Waals surface area contributed by atoms with E-state index in [-0.39, 0.29) is 5.41 Å². The molecule has 0 radical (unpaired) electrons. The molecule has 2 aliphatic rings. The van der Waals surface area contributed by atoms with E-state index in [0.29, 0.717) is 0 Å². The molecule has 0 atom stereocenters. The molecule has 0 saturated heterocycles. The Bertz CT molecular complexity index is 2760. The van der Waals surface area contributed by atoms with Gasteiger partial charge in [-0.15, -0.1) is 0 Å². The molecular weight excluding hydrogens is 623 g/mol. The van der Waals surface area contributed by atoms with Crippen LogP contribution in [0.5, 0.6) is 0 Å². The average molecular weight is 652 g/mol. The van der Waals surface area contributed by atoms with Crippen LogP contribution in [0, 0.1) is 0 Å². The molecule has 0 unspecified atom stereocenters. The molecule has 0 N–H and O–H groups in total. The number of benzene rings is 8. The molecule has 2 aliphatic carbocycles. The van der Waals surface area contributed by atoms with E-state index in [2.05, 4.69) is 175 Å². The molecule has 1 nitrogen and oxygen atoms in total. The zero-order chi connectivity index (χ0) is 32.8. The smallest absolute Gasteiger partial charge is 0.0725 e. The Hall–Kier alpha value is -5.96. The molecule has 2 heteroatoms. The molecule has 0 amide bonds. The second-order valence-electron chi connectivity index (χ2n) is 13.4. The lowest BCUT2D eigenvalue weighted by Crippen LogP contribution is -2.25. The van der Waals surface area contributed by atoms with Gasteiger partial charge in [-0.05, 0) is 95.2 Å². The third kappa shape index (κ3) is 3.66. The fourth-order valence-corrected chi connectivity index (χ4v) is 10.3. The van der Waals surface area contributed by atoms with E-state index >= 15 is 0 Å². The van der Waals surface area contributed by atoms with Gasteiger partial charge in [0, 0.05) is 33.1 Å². The molecule has 0 saturated carbocycles. The van der Waals surface area contributed by atoms with Crippen LogP contribution < -0.4 is 0 Å². The minimum absolute atomic E-state index is 0.357. The summed E-state index contributed by atoms with van der Waals surface area (Å²) in [5, 5.41) is 7.39. The van der Waals surface area contributed by atoms with Crippen molar-refractivity contribution in [3.63, 3.8) is 0 Å². The standard InChI is InChI=1S/C48H29NS/c1-2-13-31-28-32(25-24-30(31)12-1)45-35-16-3-4-17-36(35)47(37-26-27-49-29-39(37)45)50-44-23-11-22-43-46(44)38-18-7-10-21-42(38)48(43)40-19-8-5-14-33(40)34-15-6-9-20-41(34)48/h1-29H. The molecule has 1 aromatic heterocycles. The highest BCUT2D eigenvalue weighted by Gasteiger charge is 2.51. The second kappa shape index (κ2) is 10.5. The summed E-state index contributed by atoms with van der Waals surface area (Å²) < 4.78 is 0. The zero-order valence-corrected chi connectivity index (χ0v) is 27.9. The van der Waals surface area contributed by atoms with Crippen molar-refractivity contribution in [1.82, 2.24) is 4.98 Å². The first-order chi connectivity index (χ1) is 24.8. The third-order valence-corrected chi connectivity index (χ3v) is 12.2. The molecule has 0 fully saturated rings. The Morgan fingerprint density at radius 2 is 1.02 bits per heavy atom. The topological polar surface area (TPSA) is 12.9 Å². The van der Waals surface area contributed by atoms with Gasteiger partial charge in [-0.25, -0.2) is 0 Å². The van der Waals surface area contributed by atoms with Crippen molar-refractivity contribution >= 4 is 44.1 Å². The van der Waals surface area contributed by atoms with Gasteiger partial charge in [-0.1, -0.05) is 157 Å². The summed E-state index contributed by atoms with van der Waals surface area (Å²) in [4.78, 5) is 7.22. The number of pyridine rings is 1. The van der Waals surface area contributed by atoms with Crippen molar-refractivity contribution in [3.8, 4) is 33.4 Å². The lowest BCUT2D eigenvalue weighted by atomic mass is 9.70. The predicted octanol–water partition coefficient (Wildman–Crippen LogP) is 12.7. The quantitative estimate of drug-likeness (QED) is 0.176. The van der Waals surface area contributed by atoms with Crippen LogP contribution in [0.1, 0.15) is 22.3 Å². The van der Waals surface area contributed by atoms with Crippen LogP contribution in [0.25, 0.3) is 65.7 Å². The van der Waals surface area contributed by atoms with E-state index in [1.165, 1.54) is 97.7 Å². The molecule has 1 heterocycles. The van der Waals surface area contributed by atoms with Crippen molar-refractivity contribution in [2.75, 3.05) is 0 Å². The zero-order valence-electron chi connectivity index (χ0n) is 27.1. The molecule has 232 valence electrons. The van der Waals surface area contributed by atoms with Gasteiger partial charge >= 0.3 is 0 Å². The Morgan fingerprint density at radius 3 is 1.80 bits per heavy atom. The molecule has 11 rings (SSSR count). The highest BCUT2D eigenvalue weighted by molar-refractivity contribution is 8.00. The lowest BCUT2D eigenvalue weighted by Gasteiger charge is -2.30. The van der Waals surface area contributed by atoms with Crippen LogP contribution >= 0.6 is 11.8 Å². The first-order valence-electron chi connectivity index (χ1n) is 17.2. The van der Waals surface area contributed by atoms with Crippen LogP contribution in [0.4, 0.5) is 0 Å². The Balaban J connectivity index is 1.18. The molecule has 9 aromatic rings. The number of hydrogen-bond acceptors (Lipinski definition) is 2. The van der Waals surface area contributed by atoms with Crippen LogP contribution in [-0.4, -0.2) is 4.98 Å². The van der Waals surface area contributed by atoms with Gasteiger partial charge < -0.3 is 0 Å². The predicted molar refractivity (Wildman–Crippen MR) is 209 cm³/mol. The first kappa shape index (κ1) is 27.9. The van der Waals surface area contributed by atoms with Gasteiger partial charge in [0.1, 0.15) is 0 Å². The van der Waals surface area contributed by atoms with Gasteiger partial charge in [-0.3, -0.25) is 4.98 Å². The maximum atomic E-state index is 4.69. The Labute approximate surface area is 294 Å². The number of rotatable bonds is 3. The normalized spacial score (nSPS) is 13.4. The van der Waals surface area contributed by atoms with Gasteiger partial charge in [0.25, 0.3) is 0 Å². The molecule has 0 bridgehead atoms. The van der Waals surface area contributed by atoms with E-state index in [0.717, 1.165) is 0 Å². The monoisotopic (exact) mass is 651 g/mol. The highest BCUT2D eigenvalue weighted by atomic mass is 32.2. The fraction of sp³-hybridized carbons (Fsp3) is 0.0208. The van der Waals surface area contributed by atoms with Gasteiger partial charge in [0.15, 0.2) is 0 Å². The van der Waals surface area contributed by atoms with Crippen LogP contribution in [0.3, 0.4) is 0 Å². The molecule has 8 aromatic carbocycles. The first-order valence-corrected chi connectivity index (χ1v) is 18.0. The van der Waals surface area contributed by atoms with E-state index in [1.807, 2.05) is 18.0 Å². The minimum Gasteiger partial charge on any atom is -0.264 e.